The van der Waals surface area contributed by atoms with Crippen LogP contribution in [0.5, 0.6) is 0 Å². The van der Waals surface area contributed by atoms with E-state index >= 15 is 0 Å². The van der Waals surface area contributed by atoms with Gasteiger partial charge in [0.05, 0.1) is 6.54 Å². The second-order valence-electron chi connectivity index (χ2n) is 8.13. The SMILES string of the molecule is CN(C)CC(=O)N1C[C@@H]2CN(c3cc(C4CC4)ncn3)C[C@]2(C(=O)O)C1. The number of carbonyl (C=O) groups is 2. The summed E-state index contributed by atoms with van der Waals surface area (Å²) in [5.41, 5.74) is 0.145. The fourth-order valence-electron chi connectivity index (χ4n) is 4.24. The number of aliphatic carboxylic acids is 1. The van der Waals surface area contributed by atoms with Crippen LogP contribution < -0.4 is 4.90 Å². The van der Waals surface area contributed by atoms with Crippen molar-refractivity contribution >= 4 is 17.7 Å². The van der Waals surface area contributed by atoms with Crippen LogP contribution in [0.2, 0.25) is 0 Å². The molecule has 0 radical (unpaired) electrons. The van der Waals surface area contributed by atoms with Crippen molar-refractivity contribution in [2.45, 2.75) is 18.8 Å². The standard InChI is InChI=1S/C18H25N5O3/c1-21(2)8-16(24)23-7-13-6-22(9-18(13,10-23)17(25)26)15-5-14(12-3-4-12)19-11-20-15/h5,11-13H,3-4,6-10H2,1-2H3,(H,25,26)/t13-,18-/m0/s1. The predicted molar refractivity (Wildman–Crippen MR) is 94.9 cm³/mol. The normalized spacial score (nSPS) is 27.9. The number of likely N-dealkylation sites (N-methyl/N-ethyl adjacent to an activating group) is 1. The summed E-state index contributed by atoms with van der Waals surface area (Å²) >= 11 is 0. The van der Waals surface area contributed by atoms with Crippen molar-refractivity contribution < 1.29 is 14.7 Å². The lowest BCUT2D eigenvalue weighted by molar-refractivity contribution is -0.148. The number of anilines is 1. The van der Waals surface area contributed by atoms with Crippen molar-refractivity contribution in [1.29, 1.82) is 0 Å². The molecule has 1 aromatic rings. The number of hydrogen-bond donors (Lipinski definition) is 1. The van der Waals surface area contributed by atoms with Crippen LogP contribution in [0.25, 0.3) is 0 Å². The molecule has 8 heteroatoms. The monoisotopic (exact) mass is 359 g/mol. The molecule has 140 valence electrons. The highest BCUT2D eigenvalue weighted by molar-refractivity contribution is 5.83. The zero-order valence-corrected chi connectivity index (χ0v) is 15.3. The maximum absolute atomic E-state index is 12.4. The van der Waals surface area contributed by atoms with Crippen LogP contribution in [0.1, 0.15) is 24.5 Å². The van der Waals surface area contributed by atoms with Crippen LogP contribution in [0.15, 0.2) is 12.4 Å². The van der Waals surface area contributed by atoms with Crippen LogP contribution >= 0.6 is 0 Å². The third-order valence-electron chi connectivity index (χ3n) is 5.83. The van der Waals surface area contributed by atoms with Crippen molar-refractivity contribution in [2.24, 2.45) is 11.3 Å². The number of amides is 1. The maximum Gasteiger partial charge on any atom is 0.313 e. The quantitative estimate of drug-likeness (QED) is 0.807. The van der Waals surface area contributed by atoms with Crippen LogP contribution in [-0.4, -0.2) is 83.6 Å². The molecule has 26 heavy (non-hydrogen) atoms. The zero-order valence-electron chi connectivity index (χ0n) is 15.3. The molecule has 0 bridgehead atoms. The van der Waals surface area contributed by atoms with Crippen molar-refractivity contribution in [2.75, 3.05) is 51.7 Å². The van der Waals surface area contributed by atoms with E-state index in [4.69, 9.17) is 0 Å². The van der Waals surface area contributed by atoms with Gasteiger partial charge in [0.2, 0.25) is 5.91 Å². The molecule has 4 rings (SSSR count). The summed E-state index contributed by atoms with van der Waals surface area (Å²) in [4.78, 5) is 38.8. The fraction of sp³-hybridized carbons (Fsp3) is 0.667. The Kier molecular flexibility index (Phi) is 4.10. The van der Waals surface area contributed by atoms with Gasteiger partial charge < -0.3 is 19.8 Å². The Balaban J connectivity index is 1.52. The largest absolute Gasteiger partial charge is 0.481 e. The minimum Gasteiger partial charge on any atom is -0.481 e. The summed E-state index contributed by atoms with van der Waals surface area (Å²) in [6.45, 7) is 2.08. The van der Waals surface area contributed by atoms with Crippen LogP contribution in [0.4, 0.5) is 5.82 Å². The van der Waals surface area contributed by atoms with E-state index in [1.807, 2.05) is 25.1 Å². The fourth-order valence-corrected chi connectivity index (χ4v) is 4.24. The minimum absolute atomic E-state index is 0.00497. The van der Waals surface area contributed by atoms with Gasteiger partial charge in [-0.15, -0.1) is 0 Å². The summed E-state index contributed by atoms with van der Waals surface area (Å²) in [6, 6.07) is 2.00. The molecule has 3 heterocycles. The topological polar surface area (TPSA) is 89.9 Å². The molecule has 1 amide bonds. The summed E-state index contributed by atoms with van der Waals surface area (Å²) in [7, 11) is 3.69. The molecule has 8 nitrogen and oxygen atoms in total. The predicted octanol–water partition coefficient (Wildman–Crippen LogP) is 0.265. The Labute approximate surface area is 152 Å². The van der Waals surface area contributed by atoms with Crippen LogP contribution in [0, 0.1) is 11.3 Å². The van der Waals surface area contributed by atoms with Crippen molar-refractivity contribution in [3.8, 4) is 0 Å². The number of carboxylic acid groups (broad SMARTS) is 1. The van der Waals surface area contributed by atoms with Gasteiger partial charge in [0.15, 0.2) is 0 Å². The maximum atomic E-state index is 12.4. The summed E-state index contributed by atoms with van der Waals surface area (Å²) in [5, 5.41) is 9.97. The molecular weight excluding hydrogens is 334 g/mol. The molecule has 0 aromatic carbocycles. The Morgan fingerprint density at radius 2 is 2.04 bits per heavy atom. The van der Waals surface area contributed by atoms with Crippen molar-refractivity contribution in [3.63, 3.8) is 0 Å². The van der Waals surface area contributed by atoms with Gasteiger partial charge in [0, 0.05) is 49.8 Å². The lowest BCUT2D eigenvalue weighted by Gasteiger charge is -2.26. The number of nitrogens with zero attached hydrogens (tertiary/aromatic N) is 5. The summed E-state index contributed by atoms with van der Waals surface area (Å²) in [5.74, 6) is 0.441. The number of carbonyl (C=O) groups excluding carboxylic acids is 1. The molecule has 2 saturated heterocycles. The second kappa shape index (κ2) is 6.19. The Bertz CT molecular complexity index is 735. The van der Waals surface area contributed by atoms with Gasteiger partial charge in [-0.2, -0.15) is 0 Å². The molecule has 1 aliphatic carbocycles. The first-order valence-electron chi connectivity index (χ1n) is 9.12. The van der Waals surface area contributed by atoms with E-state index in [1.165, 1.54) is 12.8 Å². The first kappa shape index (κ1) is 17.2. The van der Waals surface area contributed by atoms with E-state index in [0.29, 0.717) is 32.1 Å². The summed E-state index contributed by atoms with van der Waals surface area (Å²) < 4.78 is 0. The smallest absolute Gasteiger partial charge is 0.313 e. The molecule has 2 atom stereocenters. The van der Waals surface area contributed by atoms with Gasteiger partial charge in [-0.25, -0.2) is 9.97 Å². The molecule has 3 fully saturated rings. The Hall–Kier alpha value is -2.22. The number of likely N-dealkylation sites (tertiary alicyclic amines) is 1. The van der Waals surface area contributed by atoms with Gasteiger partial charge >= 0.3 is 5.97 Å². The first-order chi connectivity index (χ1) is 12.4. The summed E-state index contributed by atoms with van der Waals surface area (Å²) in [6.07, 6.45) is 3.92. The average molecular weight is 359 g/mol. The average Bonchev–Trinajstić information content (AvgIpc) is 3.26. The molecule has 1 aromatic heterocycles. The molecule has 1 N–H and O–H groups in total. The van der Waals surface area contributed by atoms with Crippen LogP contribution in [0.3, 0.4) is 0 Å². The van der Waals surface area contributed by atoms with E-state index in [-0.39, 0.29) is 18.4 Å². The first-order valence-corrected chi connectivity index (χ1v) is 9.12. The van der Waals surface area contributed by atoms with E-state index in [9.17, 15) is 14.7 Å². The third kappa shape index (κ3) is 2.92. The minimum atomic E-state index is -0.910. The molecule has 3 aliphatic rings. The number of rotatable bonds is 5. The van der Waals surface area contributed by atoms with Gasteiger partial charge in [-0.3, -0.25) is 9.59 Å². The zero-order chi connectivity index (χ0) is 18.5. The van der Waals surface area contributed by atoms with Gasteiger partial charge in [-0.05, 0) is 26.9 Å². The highest BCUT2D eigenvalue weighted by atomic mass is 16.4. The van der Waals surface area contributed by atoms with E-state index in [1.54, 1.807) is 11.2 Å². The Morgan fingerprint density at radius 3 is 2.65 bits per heavy atom. The number of aromatic nitrogens is 2. The number of fused-ring (bicyclic) bond motifs is 1. The highest BCUT2D eigenvalue weighted by Gasteiger charge is 2.58. The van der Waals surface area contributed by atoms with Gasteiger partial charge in [-0.1, -0.05) is 0 Å². The molecule has 2 aliphatic heterocycles. The van der Waals surface area contributed by atoms with E-state index in [2.05, 4.69) is 14.9 Å². The third-order valence-corrected chi connectivity index (χ3v) is 5.83. The molecule has 0 unspecified atom stereocenters. The lowest BCUT2D eigenvalue weighted by atomic mass is 9.81. The lowest BCUT2D eigenvalue weighted by Crippen LogP contribution is -2.43. The number of hydrogen-bond acceptors (Lipinski definition) is 6. The van der Waals surface area contributed by atoms with Crippen LogP contribution in [-0.2, 0) is 9.59 Å². The highest BCUT2D eigenvalue weighted by Crippen LogP contribution is 2.45. The van der Waals surface area contributed by atoms with Gasteiger partial charge in [0.25, 0.3) is 0 Å². The molecule has 1 saturated carbocycles. The van der Waals surface area contributed by atoms with Gasteiger partial charge in [0.1, 0.15) is 17.6 Å². The number of carboxylic acids is 1. The second-order valence-corrected chi connectivity index (χ2v) is 8.13. The molecule has 0 spiro atoms. The van der Waals surface area contributed by atoms with Crippen molar-refractivity contribution in [1.82, 2.24) is 19.8 Å². The molecular formula is C18H25N5O3. The Morgan fingerprint density at radius 1 is 1.27 bits per heavy atom. The van der Waals surface area contributed by atoms with Crippen molar-refractivity contribution in [3.05, 3.63) is 18.1 Å². The van der Waals surface area contributed by atoms with E-state index in [0.717, 1.165) is 11.5 Å². The van der Waals surface area contributed by atoms with E-state index < -0.39 is 11.4 Å².